The minimum atomic E-state index is -1.25. The summed E-state index contributed by atoms with van der Waals surface area (Å²) in [7, 11) is 0. The molecule has 1 aromatic rings. The summed E-state index contributed by atoms with van der Waals surface area (Å²) in [5.41, 5.74) is 5.20. The van der Waals surface area contributed by atoms with E-state index in [1.807, 2.05) is 0 Å². The first-order valence-electron chi connectivity index (χ1n) is 4.92. The van der Waals surface area contributed by atoms with Gasteiger partial charge >= 0.3 is 5.97 Å². The van der Waals surface area contributed by atoms with Crippen molar-refractivity contribution in [2.75, 3.05) is 6.54 Å². The summed E-state index contributed by atoms with van der Waals surface area (Å²) in [4.78, 5) is 14.3. The molecule has 2 unspecified atom stereocenters. The van der Waals surface area contributed by atoms with E-state index in [1.165, 1.54) is 12.3 Å². The molecule has 0 spiro atoms. The molecule has 1 rings (SSSR count). The van der Waals surface area contributed by atoms with Gasteiger partial charge in [-0.3, -0.25) is 0 Å². The Morgan fingerprint density at radius 3 is 2.65 bits per heavy atom. The number of aliphatic hydroxyl groups is 2. The number of halogens is 1. The standard InChI is InChI=1S/C10H13ClN2O4/c11-6-3-5(4-13-8(6)10(16)17)9(15)7(14)1-2-12/h3-4,7,9,14-15H,1-2,12H2,(H,16,17). The molecule has 0 aromatic carbocycles. The average Bonchev–Trinajstić information content (AvgIpc) is 2.27. The summed E-state index contributed by atoms with van der Waals surface area (Å²) in [6, 6.07) is 1.27. The quantitative estimate of drug-likeness (QED) is 0.600. The van der Waals surface area contributed by atoms with Gasteiger partial charge in [-0.15, -0.1) is 0 Å². The molecule has 0 saturated carbocycles. The Balaban J connectivity index is 2.93. The van der Waals surface area contributed by atoms with Crippen LogP contribution in [-0.4, -0.2) is 38.9 Å². The Bertz CT molecular complexity index is 413. The average molecular weight is 261 g/mol. The lowest BCUT2D eigenvalue weighted by Crippen LogP contribution is -2.22. The molecule has 5 N–H and O–H groups in total. The van der Waals surface area contributed by atoms with Gasteiger partial charge < -0.3 is 21.1 Å². The van der Waals surface area contributed by atoms with Crippen molar-refractivity contribution in [1.82, 2.24) is 4.98 Å². The predicted octanol–water partition coefficient (Wildman–Crippen LogP) is 0.176. The molecular weight excluding hydrogens is 248 g/mol. The molecule has 7 heteroatoms. The second kappa shape index (κ2) is 5.92. The Kier molecular flexibility index (Phi) is 4.83. The van der Waals surface area contributed by atoms with E-state index in [2.05, 4.69) is 4.98 Å². The number of nitrogens with zero attached hydrogens (tertiary/aromatic N) is 1. The van der Waals surface area contributed by atoms with E-state index in [1.54, 1.807) is 0 Å². The summed E-state index contributed by atoms with van der Waals surface area (Å²) in [6.45, 7) is 0.229. The fourth-order valence-corrected chi connectivity index (χ4v) is 1.58. The van der Waals surface area contributed by atoms with Crippen molar-refractivity contribution in [2.45, 2.75) is 18.6 Å². The van der Waals surface area contributed by atoms with Crippen LogP contribution in [0.5, 0.6) is 0 Å². The molecule has 0 aliphatic heterocycles. The Morgan fingerprint density at radius 1 is 1.53 bits per heavy atom. The number of rotatable bonds is 5. The van der Waals surface area contributed by atoms with Crippen molar-refractivity contribution in [3.8, 4) is 0 Å². The molecule has 0 amide bonds. The number of nitrogens with two attached hydrogens (primary N) is 1. The van der Waals surface area contributed by atoms with Crippen LogP contribution in [0.15, 0.2) is 12.3 Å². The Morgan fingerprint density at radius 2 is 2.18 bits per heavy atom. The number of hydrogen-bond donors (Lipinski definition) is 4. The minimum absolute atomic E-state index is 0.0889. The van der Waals surface area contributed by atoms with E-state index in [0.29, 0.717) is 0 Å². The molecule has 0 bridgehead atoms. The van der Waals surface area contributed by atoms with Crippen LogP contribution in [0.1, 0.15) is 28.6 Å². The second-order valence-corrected chi connectivity index (χ2v) is 3.90. The number of aliphatic hydroxyl groups excluding tert-OH is 2. The molecule has 0 aliphatic rings. The van der Waals surface area contributed by atoms with Crippen LogP contribution in [-0.2, 0) is 0 Å². The summed E-state index contributed by atoms with van der Waals surface area (Å²) in [5.74, 6) is -1.25. The number of aromatic carboxylic acids is 1. The van der Waals surface area contributed by atoms with Crippen molar-refractivity contribution in [2.24, 2.45) is 5.73 Å². The van der Waals surface area contributed by atoms with Gasteiger partial charge in [0.25, 0.3) is 0 Å². The summed E-state index contributed by atoms with van der Waals surface area (Å²) < 4.78 is 0. The number of aromatic nitrogens is 1. The fourth-order valence-electron chi connectivity index (χ4n) is 1.32. The summed E-state index contributed by atoms with van der Waals surface area (Å²) >= 11 is 5.69. The lowest BCUT2D eigenvalue weighted by molar-refractivity contribution is 0.0148. The smallest absolute Gasteiger partial charge is 0.356 e. The van der Waals surface area contributed by atoms with Gasteiger partial charge in [-0.2, -0.15) is 0 Å². The van der Waals surface area contributed by atoms with Crippen molar-refractivity contribution in [3.63, 3.8) is 0 Å². The third-order valence-electron chi connectivity index (χ3n) is 2.23. The third kappa shape index (κ3) is 3.37. The van der Waals surface area contributed by atoms with E-state index in [9.17, 15) is 15.0 Å². The molecule has 1 aromatic heterocycles. The molecule has 2 atom stereocenters. The van der Waals surface area contributed by atoms with E-state index < -0.39 is 18.2 Å². The van der Waals surface area contributed by atoms with E-state index in [-0.39, 0.29) is 29.2 Å². The van der Waals surface area contributed by atoms with Crippen LogP contribution >= 0.6 is 11.6 Å². The number of carboxylic acids is 1. The summed E-state index contributed by atoms with van der Waals surface area (Å²) in [6.07, 6.45) is -0.834. The molecule has 0 saturated heterocycles. The first-order chi connectivity index (χ1) is 7.97. The van der Waals surface area contributed by atoms with E-state index in [4.69, 9.17) is 22.4 Å². The molecule has 6 nitrogen and oxygen atoms in total. The highest BCUT2D eigenvalue weighted by Gasteiger charge is 2.20. The molecule has 17 heavy (non-hydrogen) atoms. The SMILES string of the molecule is NCCC(O)C(O)c1cnc(C(=O)O)c(Cl)c1. The summed E-state index contributed by atoms with van der Waals surface area (Å²) in [5, 5.41) is 27.9. The van der Waals surface area contributed by atoms with Gasteiger partial charge in [0.05, 0.1) is 11.1 Å². The monoisotopic (exact) mass is 260 g/mol. The van der Waals surface area contributed by atoms with Gasteiger partial charge in [-0.1, -0.05) is 11.6 Å². The second-order valence-electron chi connectivity index (χ2n) is 3.49. The first kappa shape index (κ1) is 13.9. The van der Waals surface area contributed by atoms with Crippen LogP contribution in [0.25, 0.3) is 0 Å². The highest BCUT2D eigenvalue weighted by Crippen LogP contribution is 2.23. The third-order valence-corrected chi connectivity index (χ3v) is 2.52. The van der Waals surface area contributed by atoms with E-state index >= 15 is 0 Å². The van der Waals surface area contributed by atoms with Crippen LogP contribution in [0, 0.1) is 0 Å². The predicted molar refractivity (Wildman–Crippen MR) is 60.8 cm³/mol. The van der Waals surface area contributed by atoms with Crippen molar-refractivity contribution >= 4 is 17.6 Å². The van der Waals surface area contributed by atoms with Gasteiger partial charge in [-0.25, -0.2) is 9.78 Å². The number of pyridine rings is 1. The maximum Gasteiger partial charge on any atom is 0.356 e. The van der Waals surface area contributed by atoms with Crippen molar-refractivity contribution in [1.29, 1.82) is 0 Å². The van der Waals surface area contributed by atoms with Crippen LogP contribution < -0.4 is 5.73 Å². The van der Waals surface area contributed by atoms with Crippen LogP contribution in [0.4, 0.5) is 0 Å². The van der Waals surface area contributed by atoms with Gasteiger partial charge in [0.2, 0.25) is 0 Å². The molecule has 0 aliphatic carbocycles. The van der Waals surface area contributed by atoms with Crippen molar-refractivity contribution in [3.05, 3.63) is 28.5 Å². The Labute approximate surface area is 103 Å². The zero-order valence-electron chi connectivity index (χ0n) is 8.88. The topological polar surface area (TPSA) is 117 Å². The minimum Gasteiger partial charge on any atom is -0.476 e. The number of hydrogen-bond acceptors (Lipinski definition) is 5. The maximum absolute atomic E-state index is 10.7. The first-order valence-corrected chi connectivity index (χ1v) is 5.30. The molecule has 0 radical (unpaired) electrons. The van der Waals surface area contributed by atoms with Crippen LogP contribution in [0.3, 0.4) is 0 Å². The lowest BCUT2D eigenvalue weighted by Gasteiger charge is -2.17. The van der Waals surface area contributed by atoms with Crippen molar-refractivity contribution < 1.29 is 20.1 Å². The fraction of sp³-hybridized carbons (Fsp3) is 0.400. The largest absolute Gasteiger partial charge is 0.476 e. The Hall–Kier alpha value is -1.21. The van der Waals surface area contributed by atoms with E-state index in [0.717, 1.165) is 0 Å². The zero-order valence-corrected chi connectivity index (χ0v) is 9.63. The normalized spacial score (nSPS) is 14.4. The number of carbonyl (C=O) groups is 1. The lowest BCUT2D eigenvalue weighted by atomic mass is 10.0. The van der Waals surface area contributed by atoms with Gasteiger partial charge in [0, 0.05) is 11.8 Å². The van der Waals surface area contributed by atoms with Gasteiger partial charge in [-0.05, 0) is 19.0 Å². The highest BCUT2D eigenvalue weighted by atomic mass is 35.5. The molecule has 1 heterocycles. The van der Waals surface area contributed by atoms with Gasteiger partial charge in [0.1, 0.15) is 6.10 Å². The molecule has 94 valence electrons. The molecule has 0 fully saturated rings. The maximum atomic E-state index is 10.7. The molecular formula is C10H13ClN2O4. The van der Waals surface area contributed by atoms with Gasteiger partial charge in [0.15, 0.2) is 5.69 Å². The highest BCUT2D eigenvalue weighted by molar-refractivity contribution is 6.33. The zero-order chi connectivity index (χ0) is 13.0. The van der Waals surface area contributed by atoms with Crippen LogP contribution in [0.2, 0.25) is 5.02 Å². The number of carboxylic acid groups (broad SMARTS) is 1.